The summed E-state index contributed by atoms with van der Waals surface area (Å²) >= 11 is 0. The van der Waals surface area contributed by atoms with Crippen LogP contribution in [0.1, 0.15) is 22.8 Å². The maximum atomic E-state index is 11.5. The Morgan fingerprint density at radius 1 is 1.23 bits per heavy atom. The Bertz CT molecular complexity index is 582. The van der Waals surface area contributed by atoms with Crippen LogP contribution in [-0.2, 0) is 25.5 Å². The van der Waals surface area contributed by atoms with Gasteiger partial charge in [0.25, 0.3) is 5.91 Å². The van der Waals surface area contributed by atoms with Crippen molar-refractivity contribution in [3.63, 3.8) is 0 Å². The second-order valence-corrected chi connectivity index (χ2v) is 4.51. The standard InChI is InChI=1S/C14H16N2O6/c1-8(17)22-7-12(18)16-11(13(15)19)6-9-2-4-10(5-3-9)14(20)21/h2-5,11H,6-7H2,1H3,(H2,15,19)(H,16,18)(H,20,21)/t11-/m1/s1. The first-order valence-electron chi connectivity index (χ1n) is 6.34. The molecule has 0 spiro atoms. The smallest absolute Gasteiger partial charge is 0.335 e. The molecule has 0 saturated carbocycles. The summed E-state index contributed by atoms with van der Waals surface area (Å²) in [5, 5.41) is 11.1. The summed E-state index contributed by atoms with van der Waals surface area (Å²) in [4.78, 5) is 44.2. The average molecular weight is 308 g/mol. The Morgan fingerprint density at radius 3 is 2.27 bits per heavy atom. The molecule has 0 unspecified atom stereocenters. The van der Waals surface area contributed by atoms with E-state index < -0.39 is 36.4 Å². The molecule has 1 aromatic rings. The fourth-order valence-electron chi connectivity index (χ4n) is 1.65. The fourth-order valence-corrected chi connectivity index (χ4v) is 1.65. The number of hydrogen-bond acceptors (Lipinski definition) is 5. The fraction of sp³-hybridized carbons (Fsp3) is 0.286. The summed E-state index contributed by atoms with van der Waals surface area (Å²) in [5.74, 6) is -3.08. The Kier molecular flexibility index (Phi) is 6.06. The van der Waals surface area contributed by atoms with E-state index in [2.05, 4.69) is 10.1 Å². The van der Waals surface area contributed by atoms with Crippen LogP contribution in [0.5, 0.6) is 0 Å². The highest BCUT2D eigenvalue weighted by Gasteiger charge is 2.19. The topological polar surface area (TPSA) is 136 Å². The molecule has 0 bridgehead atoms. The third kappa shape index (κ3) is 5.61. The number of esters is 1. The minimum Gasteiger partial charge on any atom is -0.478 e. The van der Waals surface area contributed by atoms with E-state index >= 15 is 0 Å². The minimum absolute atomic E-state index is 0.0983. The maximum Gasteiger partial charge on any atom is 0.335 e. The van der Waals surface area contributed by atoms with E-state index in [0.717, 1.165) is 6.92 Å². The minimum atomic E-state index is -1.06. The van der Waals surface area contributed by atoms with Gasteiger partial charge in [0.05, 0.1) is 5.56 Å². The van der Waals surface area contributed by atoms with Gasteiger partial charge in [-0.05, 0) is 17.7 Å². The first-order chi connectivity index (χ1) is 10.3. The summed E-state index contributed by atoms with van der Waals surface area (Å²) in [6.45, 7) is 0.653. The zero-order valence-corrected chi connectivity index (χ0v) is 11.9. The lowest BCUT2D eigenvalue weighted by Crippen LogP contribution is -2.47. The SMILES string of the molecule is CC(=O)OCC(=O)N[C@H](Cc1ccc(C(=O)O)cc1)C(N)=O. The van der Waals surface area contributed by atoms with E-state index in [-0.39, 0.29) is 12.0 Å². The van der Waals surface area contributed by atoms with Crippen LogP contribution in [0.3, 0.4) is 0 Å². The number of carbonyl (C=O) groups excluding carboxylic acids is 3. The Balaban J connectivity index is 2.67. The quantitative estimate of drug-likeness (QED) is 0.579. The van der Waals surface area contributed by atoms with Gasteiger partial charge in [0.1, 0.15) is 6.04 Å². The van der Waals surface area contributed by atoms with Crippen molar-refractivity contribution in [2.24, 2.45) is 5.73 Å². The highest BCUT2D eigenvalue weighted by molar-refractivity contribution is 5.88. The largest absolute Gasteiger partial charge is 0.478 e. The second-order valence-electron chi connectivity index (χ2n) is 4.51. The van der Waals surface area contributed by atoms with E-state index in [0.29, 0.717) is 5.56 Å². The number of aromatic carboxylic acids is 1. The summed E-state index contributed by atoms with van der Waals surface area (Å²) in [7, 11) is 0. The summed E-state index contributed by atoms with van der Waals surface area (Å²) in [6, 6.07) is 4.83. The van der Waals surface area contributed by atoms with Gasteiger partial charge in [-0.3, -0.25) is 14.4 Å². The van der Waals surface area contributed by atoms with E-state index in [1.165, 1.54) is 24.3 Å². The number of carboxylic acids is 1. The predicted molar refractivity (Wildman–Crippen MR) is 74.9 cm³/mol. The van der Waals surface area contributed by atoms with Crippen LogP contribution in [0.4, 0.5) is 0 Å². The number of carboxylic acid groups (broad SMARTS) is 1. The van der Waals surface area contributed by atoms with Gasteiger partial charge in [-0.15, -0.1) is 0 Å². The average Bonchev–Trinajstić information content (AvgIpc) is 2.44. The molecule has 0 aromatic heterocycles. The summed E-state index contributed by atoms with van der Waals surface area (Å²) in [6.07, 6.45) is 0.0983. The molecular formula is C14H16N2O6. The third-order valence-corrected chi connectivity index (χ3v) is 2.73. The molecule has 2 amide bonds. The number of nitrogens with two attached hydrogens (primary N) is 1. The molecule has 0 heterocycles. The molecular weight excluding hydrogens is 292 g/mol. The normalized spacial score (nSPS) is 11.3. The number of primary amides is 1. The lowest BCUT2D eigenvalue weighted by Gasteiger charge is -2.15. The Hall–Kier alpha value is -2.90. The van der Waals surface area contributed by atoms with Gasteiger partial charge < -0.3 is 20.9 Å². The van der Waals surface area contributed by atoms with E-state index in [1.54, 1.807) is 0 Å². The molecule has 0 radical (unpaired) electrons. The van der Waals surface area contributed by atoms with Crippen LogP contribution >= 0.6 is 0 Å². The van der Waals surface area contributed by atoms with Crippen molar-refractivity contribution < 1.29 is 29.0 Å². The van der Waals surface area contributed by atoms with Gasteiger partial charge >= 0.3 is 11.9 Å². The predicted octanol–water partition coefficient (Wildman–Crippen LogP) is -0.539. The number of amides is 2. The van der Waals surface area contributed by atoms with Gasteiger partial charge in [0, 0.05) is 13.3 Å². The number of rotatable bonds is 7. The van der Waals surface area contributed by atoms with Crippen molar-refractivity contribution in [3.8, 4) is 0 Å². The van der Waals surface area contributed by atoms with Gasteiger partial charge in [-0.1, -0.05) is 12.1 Å². The first-order valence-corrected chi connectivity index (χ1v) is 6.34. The van der Waals surface area contributed by atoms with Crippen LogP contribution in [0.2, 0.25) is 0 Å². The summed E-state index contributed by atoms with van der Waals surface area (Å²) < 4.78 is 4.51. The number of nitrogens with one attached hydrogen (secondary N) is 1. The Morgan fingerprint density at radius 2 is 1.82 bits per heavy atom. The lowest BCUT2D eigenvalue weighted by molar-refractivity contribution is -0.146. The molecule has 0 aliphatic heterocycles. The van der Waals surface area contributed by atoms with Gasteiger partial charge in [-0.25, -0.2) is 4.79 Å². The van der Waals surface area contributed by atoms with Crippen LogP contribution in [0, 0.1) is 0 Å². The molecule has 0 fully saturated rings. The molecule has 8 heteroatoms. The van der Waals surface area contributed by atoms with Crippen molar-refractivity contribution in [3.05, 3.63) is 35.4 Å². The zero-order valence-electron chi connectivity index (χ0n) is 11.9. The van der Waals surface area contributed by atoms with Gasteiger partial charge in [-0.2, -0.15) is 0 Å². The van der Waals surface area contributed by atoms with Gasteiger partial charge in [0.2, 0.25) is 5.91 Å². The number of ether oxygens (including phenoxy) is 1. The van der Waals surface area contributed by atoms with Crippen molar-refractivity contribution in [2.75, 3.05) is 6.61 Å². The molecule has 22 heavy (non-hydrogen) atoms. The van der Waals surface area contributed by atoms with Crippen LogP contribution in [-0.4, -0.2) is 41.5 Å². The van der Waals surface area contributed by atoms with E-state index in [1.807, 2.05) is 0 Å². The lowest BCUT2D eigenvalue weighted by atomic mass is 10.0. The number of hydrogen-bond donors (Lipinski definition) is 3. The monoisotopic (exact) mass is 308 g/mol. The van der Waals surface area contributed by atoms with Crippen LogP contribution < -0.4 is 11.1 Å². The first kappa shape index (κ1) is 17.2. The molecule has 4 N–H and O–H groups in total. The second kappa shape index (κ2) is 7.77. The zero-order chi connectivity index (χ0) is 16.7. The highest BCUT2D eigenvalue weighted by Crippen LogP contribution is 2.07. The maximum absolute atomic E-state index is 11.5. The molecule has 8 nitrogen and oxygen atoms in total. The van der Waals surface area contributed by atoms with E-state index in [9.17, 15) is 19.2 Å². The van der Waals surface area contributed by atoms with Gasteiger partial charge in [0.15, 0.2) is 6.61 Å². The molecule has 118 valence electrons. The van der Waals surface area contributed by atoms with Crippen molar-refractivity contribution in [1.82, 2.24) is 5.32 Å². The summed E-state index contributed by atoms with van der Waals surface area (Å²) in [5.41, 5.74) is 5.95. The van der Waals surface area contributed by atoms with Crippen molar-refractivity contribution >= 4 is 23.8 Å². The number of carbonyl (C=O) groups is 4. The molecule has 1 aromatic carbocycles. The molecule has 0 saturated heterocycles. The number of benzene rings is 1. The Labute approximate surface area is 126 Å². The molecule has 1 atom stereocenters. The van der Waals surface area contributed by atoms with Crippen molar-refractivity contribution in [1.29, 1.82) is 0 Å². The third-order valence-electron chi connectivity index (χ3n) is 2.73. The molecule has 1 rings (SSSR count). The van der Waals surface area contributed by atoms with Crippen LogP contribution in [0.25, 0.3) is 0 Å². The van der Waals surface area contributed by atoms with E-state index in [4.69, 9.17) is 10.8 Å². The molecule has 0 aliphatic carbocycles. The molecule has 0 aliphatic rings. The highest BCUT2D eigenvalue weighted by atomic mass is 16.5. The van der Waals surface area contributed by atoms with Crippen molar-refractivity contribution in [2.45, 2.75) is 19.4 Å². The van der Waals surface area contributed by atoms with Crippen LogP contribution in [0.15, 0.2) is 24.3 Å².